The Hall–Kier alpha value is -1.90. The van der Waals surface area contributed by atoms with Gasteiger partial charge in [0.25, 0.3) is 0 Å². The van der Waals surface area contributed by atoms with Crippen molar-refractivity contribution in [1.82, 2.24) is 9.97 Å². The topological polar surface area (TPSA) is 37.8 Å². The largest absolute Gasteiger partial charge is 0.377 e. The molecule has 0 fully saturated rings. The van der Waals surface area contributed by atoms with E-state index in [4.69, 9.17) is 0 Å². The second-order valence-corrected chi connectivity index (χ2v) is 5.82. The predicted octanol–water partition coefficient (Wildman–Crippen LogP) is 3.95. The van der Waals surface area contributed by atoms with E-state index in [0.29, 0.717) is 0 Å². The Morgan fingerprint density at radius 1 is 1.05 bits per heavy atom. The average molecular weight is 255 g/mol. The van der Waals surface area contributed by atoms with Gasteiger partial charge in [0, 0.05) is 18.1 Å². The molecule has 0 radical (unpaired) electrons. The van der Waals surface area contributed by atoms with Crippen LogP contribution in [-0.2, 0) is 5.41 Å². The Morgan fingerprint density at radius 2 is 1.74 bits per heavy atom. The Bertz CT molecular complexity index is 512. The zero-order valence-electron chi connectivity index (χ0n) is 12.0. The lowest BCUT2D eigenvalue weighted by Crippen LogP contribution is -2.12. The third kappa shape index (κ3) is 3.53. The highest BCUT2D eigenvalue weighted by Gasteiger charge is 2.13. The van der Waals surface area contributed by atoms with E-state index < -0.39 is 0 Å². The van der Waals surface area contributed by atoms with Crippen LogP contribution in [0.2, 0.25) is 0 Å². The van der Waals surface area contributed by atoms with Crippen LogP contribution in [-0.4, -0.2) is 9.97 Å². The Labute approximate surface area is 115 Å². The van der Waals surface area contributed by atoms with Crippen LogP contribution < -0.4 is 5.32 Å². The molecule has 1 atom stereocenters. The van der Waals surface area contributed by atoms with E-state index in [0.717, 1.165) is 11.4 Å². The molecule has 0 aliphatic rings. The number of benzene rings is 1. The summed E-state index contributed by atoms with van der Waals surface area (Å²) in [6.45, 7) is 8.74. The minimum absolute atomic E-state index is 0.147. The van der Waals surface area contributed by atoms with Gasteiger partial charge in [0.1, 0.15) is 0 Å². The average Bonchev–Trinajstić information content (AvgIpc) is 2.39. The first kappa shape index (κ1) is 13.5. The van der Waals surface area contributed by atoms with Gasteiger partial charge in [-0.05, 0) is 30.0 Å². The first-order valence-corrected chi connectivity index (χ1v) is 6.60. The molecule has 1 N–H and O–H groups in total. The van der Waals surface area contributed by atoms with Gasteiger partial charge in [-0.3, -0.25) is 9.97 Å². The number of nitrogens with zero attached hydrogens (tertiary/aromatic N) is 2. The fraction of sp³-hybridized carbons (Fsp3) is 0.375. The summed E-state index contributed by atoms with van der Waals surface area (Å²) < 4.78 is 0. The number of hydrogen-bond acceptors (Lipinski definition) is 3. The van der Waals surface area contributed by atoms with Crippen molar-refractivity contribution < 1.29 is 0 Å². The van der Waals surface area contributed by atoms with Crippen molar-refractivity contribution >= 4 is 5.69 Å². The summed E-state index contributed by atoms with van der Waals surface area (Å²) in [5.41, 5.74) is 3.58. The molecule has 1 aromatic carbocycles. The molecule has 0 saturated heterocycles. The summed E-state index contributed by atoms with van der Waals surface area (Å²) in [4.78, 5) is 8.40. The Morgan fingerprint density at radius 3 is 2.26 bits per heavy atom. The fourth-order valence-electron chi connectivity index (χ4n) is 1.92. The number of rotatable bonds is 3. The molecular formula is C16H21N3. The summed E-state index contributed by atoms with van der Waals surface area (Å²) >= 11 is 0. The third-order valence-electron chi connectivity index (χ3n) is 3.16. The summed E-state index contributed by atoms with van der Waals surface area (Å²) in [6.07, 6.45) is 5.20. The maximum absolute atomic E-state index is 4.31. The predicted molar refractivity (Wildman–Crippen MR) is 79.2 cm³/mol. The summed E-state index contributed by atoms with van der Waals surface area (Å²) in [7, 11) is 0. The van der Waals surface area contributed by atoms with Crippen LogP contribution in [0.4, 0.5) is 5.69 Å². The van der Waals surface area contributed by atoms with Gasteiger partial charge in [0.05, 0.1) is 17.9 Å². The number of aromatic nitrogens is 2. The number of anilines is 1. The lowest BCUT2D eigenvalue weighted by atomic mass is 9.87. The molecule has 19 heavy (non-hydrogen) atoms. The molecule has 1 heterocycles. The fourth-order valence-corrected chi connectivity index (χ4v) is 1.92. The van der Waals surface area contributed by atoms with Gasteiger partial charge in [-0.1, -0.05) is 32.9 Å². The standard InChI is InChI=1S/C16H21N3/c1-12(15-11-17-9-10-18-15)19-14-7-5-13(6-8-14)16(2,3)4/h5-12,19H,1-4H3. The van der Waals surface area contributed by atoms with Crippen LogP contribution in [0.25, 0.3) is 0 Å². The minimum Gasteiger partial charge on any atom is -0.377 e. The number of hydrogen-bond donors (Lipinski definition) is 1. The third-order valence-corrected chi connectivity index (χ3v) is 3.16. The van der Waals surface area contributed by atoms with Gasteiger partial charge in [-0.15, -0.1) is 0 Å². The molecule has 100 valence electrons. The summed E-state index contributed by atoms with van der Waals surface area (Å²) in [5, 5.41) is 3.43. The van der Waals surface area contributed by atoms with Gasteiger partial charge >= 0.3 is 0 Å². The molecule has 0 aliphatic carbocycles. The van der Waals surface area contributed by atoms with Crippen LogP contribution in [0, 0.1) is 0 Å². The molecule has 0 amide bonds. The smallest absolute Gasteiger partial charge is 0.0806 e. The maximum atomic E-state index is 4.31. The summed E-state index contributed by atoms with van der Waals surface area (Å²) in [6, 6.07) is 8.73. The molecule has 2 rings (SSSR count). The van der Waals surface area contributed by atoms with Gasteiger partial charge in [-0.2, -0.15) is 0 Å². The molecule has 2 aromatic rings. The molecule has 1 aromatic heterocycles. The van der Waals surface area contributed by atoms with Crippen LogP contribution in [0.3, 0.4) is 0 Å². The van der Waals surface area contributed by atoms with Crippen molar-refractivity contribution in [2.75, 3.05) is 5.32 Å². The summed E-state index contributed by atoms with van der Waals surface area (Å²) in [5.74, 6) is 0. The first-order valence-electron chi connectivity index (χ1n) is 6.60. The van der Waals surface area contributed by atoms with E-state index in [1.54, 1.807) is 18.6 Å². The lowest BCUT2D eigenvalue weighted by Gasteiger charge is -2.20. The van der Waals surface area contributed by atoms with E-state index in [2.05, 4.69) is 67.2 Å². The molecular weight excluding hydrogens is 234 g/mol. The van der Waals surface area contributed by atoms with E-state index >= 15 is 0 Å². The normalized spacial score (nSPS) is 13.1. The second kappa shape index (κ2) is 5.39. The molecule has 0 saturated carbocycles. The van der Waals surface area contributed by atoms with Crippen molar-refractivity contribution in [3.8, 4) is 0 Å². The van der Waals surface area contributed by atoms with Gasteiger partial charge < -0.3 is 5.32 Å². The molecule has 0 aliphatic heterocycles. The second-order valence-electron chi connectivity index (χ2n) is 5.82. The van der Waals surface area contributed by atoms with Gasteiger partial charge in [0.2, 0.25) is 0 Å². The molecule has 0 spiro atoms. The van der Waals surface area contributed by atoms with Crippen molar-refractivity contribution in [2.24, 2.45) is 0 Å². The van der Waals surface area contributed by atoms with Crippen molar-refractivity contribution in [2.45, 2.75) is 39.2 Å². The Balaban J connectivity index is 2.08. The van der Waals surface area contributed by atoms with E-state index in [1.807, 2.05) is 0 Å². The molecule has 1 unspecified atom stereocenters. The van der Waals surface area contributed by atoms with Crippen LogP contribution in [0.15, 0.2) is 42.9 Å². The monoisotopic (exact) mass is 255 g/mol. The zero-order valence-corrected chi connectivity index (χ0v) is 12.0. The maximum Gasteiger partial charge on any atom is 0.0806 e. The number of nitrogens with one attached hydrogen (secondary N) is 1. The minimum atomic E-state index is 0.147. The quantitative estimate of drug-likeness (QED) is 0.902. The highest BCUT2D eigenvalue weighted by atomic mass is 14.9. The zero-order chi connectivity index (χ0) is 13.9. The van der Waals surface area contributed by atoms with Crippen LogP contribution in [0.1, 0.15) is 45.0 Å². The lowest BCUT2D eigenvalue weighted by molar-refractivity contribution is 0.590. The molecule has 3 heteroatoms. The van der Waals surface area contributed by atoms with Crippen molar-refractivity contribution in [1.29, 1.82) is 0 Å². The molecule has 0 bridgehead atoms. The Kier molecular flexibility index (Phi) is 3.84. The first-order chi connectivity index (χ1) is 8.97. The van der Waals surface area contributed by atoms with Gasteiger partial charge in [-0.25, -0.2) is 0 Å². The highest BCUT2D eigenvalue weighted by Crippen LogP contribution is 2.24. The van der Waals surface area contributed by atoms with Gasteiger partial charge in [0.15, 0.2) is 0 Å². The molecule has 3 nitrogen and oxygen atoms in total. The SMILES string of the molecule is CC(Nc1ccc(C(C)(C)C)cc1)c1cnccn1. The van der Waals surface area contributed by atoms with Crippen LogP contribution in [0.5, 0.6) is 0 Å². The van der Waals surface area contributed by atoms with E-state index in [-0.39, 0.29) is 11.5 Å². The van der Waals surface area contributed by atoms with Crippen molar-refractivity contribution in [3.63, 3.8) is 0 Å². The van der Waals surface area contributed by atoms with E-state index in [9.17, 15) is 0 Å². The van der Waals surface area contributed by atoms with E-state index in [1.165, 1.54) is 5.56 Å². The highest BCUT2D eigenvalue weighted by molar-refractivity contribution is 5.47. The van der Waals surface area contributed by atoms with Crippen LogP contribution >= 0.6 is 0 Å². The van der Waals surface area contributed by atoms with Crippen molar-refractivity contribution in [3.05, 3.63) is 54.1 Å².